The van der Waals surface area contributed by atoms with E-state index in [0.717, 1.165) is 15.6 Å². The standard InChI is InChI=1S/C21H18BrN5O/c22-19-12-23-27(15-19)14-17-7-4-8-18(11-17)21(28)24-20-9-10-26(25-20)13-16-5-2-1-3-6-16/h1-12,15H,13-14H2,(H,24,25,28). The van der Waals surface area contributed by atoms with Gasteiger partial charge in [0.2, 0.25) is 0 Å². The Bertz CT molecular complexity index is 1090. The number of anilines is 1. The van der Waals surface area contributed by atoms with Gasteiger partial charge in [0.25, 0.3) is 5.91 Å². The Morgan fingerprint density at radius 2 is 1.75 bits per heavy atom. The van der Waals surface area contributed by atoms with Crippen LogP contribution in [0.25, 0.3) is 0 Å². The van der Waals surface area contributed by atoms with Gasteiger partial charge in [0.1, 0.15) is 0 Å². The highest BCUT2D eigenvalue weighted by molar-refractivity contribution is 9.10. The van der Waals surface area contributed by atoms with E-state index < -0.39 is 0 Å². The number of carbonyl (C=O) groups excluding carboxylic acids is 1. The molecule has 28 heavy (non-hydrogen) atoms. The lowest BCUT2D eigenvalue weighted by Crippen LogP contribution is -2.13. The lowest BCUT2D eigenvalue weighted by Gasteiger charge is -2.06. The first-order chi connectivity index (χ1) is 13.7. The predicted octanol–water partition coefficient (Wildman–Crippen LogP) is 4.19. The molecule has 4 aromatic rings. The lowest BCUT2D eigenvalue weighted by molar-refractivity contribution is 0.102. The van der Waals surface area contributed by atoms with E-state index in [-0.39, 0.29) is 5.91 Å². The topological polar surface area (TPSA) is 64.7 Å². The average Bonchev–Trinajstić information content (AvgIpc) is 3.31. The molecule has 4 rings (SSSR count). The zero-order valence-corrected chi connectivity index (χ0v) is 16.6. The molecule has 2 aromatic carbocycles. The van der Waals surface area contributed by atoms with E-state index in [2.05, 4.69) is 31.4 Å². The molecule has 0 fully saturated rings. The number of benzene rings is 2. The molecule has 0 spiro atoms. The number of amides is 1. The molecular formula is C21H18BrN5O. The highest BCUT2D eigenvalue weighted by atomic mass is 79.9. The van der Waals surface area contributed by atoms with Gasteiger partial charge in [-0.1, -0.05) is 42.5 Å². The van der Waals surface area contributed by atoms with Crippen LogP contribution in [0.5, 0.6) is 0 Å². The molecule has 0 saturated heterocycles. The molecule has 0 aliphatic carbocycles. The molecule has 6 nitrogen and oxygen atoms in total. The Hall–Kier alpha value is -3.19. The van der Waals surface area contributed by atoms with Gasteiger partial charge in [-0.05, 0) is 39.2 Å². The minimum absolute atomic E-state index is 0.187. The van der Waals surface area contributed by atoms with Crippen LogP contribution in [-0.4, -0.2) is 25.5 Å². The zero-order chi connectivity index (χ0) is 19.3. The molecule has 140 valence electrons. The number of halogens is 1. The van der Waals surface area contributed by atoms with Gasteiger partial charge in [-0.25, -0.2) is 0 Å². The molecule has 1 amide bonds. The van der Waals surface area contributed by atoms with Gasteiger partial charge in [-0.15, -0.1) is 0 Å². The number of hydrogen-bond acceptors (Lipinski definition) is 3. The van der Waals surface area contributed by atoms with E-state index in [1.54, 1.807) is 23.0 Å². The summed E-state index contributed by atoms with van der Waals surface area (Å²) in [6, 6.07) is 19.4. The van der Waals surface area contributed by atoms with Crippen molar-refractivity contribution in [3.05, 3.63) is 100 Å². The third-order valence-electron chi connectivity index (χ3n) is 4.21. The minimum Gasteiger partial charge on any atom is -0.305 e. The first-order valence-corrected chi connectivity index (χ1v) is 9.61. The smallest absolute Gasteiger partial charge is 0.256 e. The molecular weight excluding hydrogens is 418 g/mol. The molecule has 7 heteroatoms. The zero-order valence-electron chi connectivity index (χ0n) is 15.0. The van der Waals surface area contributed by atoms with Crippen LogP contribution >= 0.6 is 15.9 Å². The number of carbonyl (C=O) groups is 1. The van der Waals surface area contributed by atoms with E-state index in [1.165, 1.54) is 0 Å². The van der Waals surface area contributed by atoms with Crippen LogP contribution < -0.4 is 5.32 Å². The van der Waals surface area contributed by atoms with Crippen molar-refractivity contribution >= 4 is 27.7 Å². The molecule has 0 bridgehead atoms. The second-order valence-corrected chi connectivity index (χ2v) is 7.31. The maximum Gasteiger partial charge on any atom is 0.256 e. The van der Waals surface area contributed by atoms with Crippen molar-refractivity contribution < 1.29 is 4.79 Å². The van der Waals surface area contributed by atoms with Crippen LogP contribution in [0.1, 0.15) is 21.5 Å². The normalized spacial score (nSPS) is 10.8. The van der Waals surface area contributed by atoms with Crippen LogP contribution in [0.4, 0.5) is 5.82 Å². The molecule has 1 N–H and O–H groups in total. The largest absolute Gasteiger partial charge is 0.305 e. The van der Waals surface area contributed by atoms with Crippen molar-refractivity contribution in [3.8, 4) is 0 Å². The molecule has 2 heterocycles. The summed E-state index contributed by atoms with van der Waals surface area (Å²) >= 11 is 3.39. The quantitative estimate of drug-likeness (QED) is 0.493. The van der Waals surface area contributed by atoms with Crippen LogP contribution in [-0.2, 0) is 13.1 Å². The van der Waals surface area contributed by atoms with Gasteiger partial charge < -0.3 is 5.32 Å². The summed E-state index contributed by atoms with van der Waals surface area (Å²) in [4.78, 5) is 12.6. The second kappa shape index (κ2) is 8.22. The van der Waals surface area contributed by atoms with Gasteiger partial charge in [-0.2, -0.15) is 10.2 Å². The molecule has 0 saturated carbocycles. The van der Waals surface area contributed by atoms with E-state index in [0.29, 0.717) is 24.5 Å². The number of aromatic nitrogens is 4. The number of nitrogens with zero attached hydrogens (tertiary/aromatic N) is 4. The van der Waals surface area contributed by atoms with Crippen LogP contribution in [0.2, 0.25) is 0 Å². The first kappa shape index (κ1) is 18.2. The predicted molar refractivity (Wildman–Crippen MR) is 111 cm³/mol. The van der Waals surface area contributed by atoms with Crippen molar-refractivity contribution in [3.63, 3.8) is 0 Å². The molecule has 2 aromatic heterocycles. The number of rotatable bonds is 6. The maximum atomic E-state index is 12.6. The highest BCUT2D eigenvalue weighted by Gasteiger charge is 2.09. The van der Waals surface area contributed by atoms with Crippen molar-refractivity contribution in [1.82, 2.24) is 19.6 Å². The summed E-state index contributed by atoms with van der Waals surface area (Å²) in [5, 5.41) is 11.5. The van der Waals surface area contributed by atoms with Crippen LogP contribution in [0.15, 0.2) is 83.7 Å². The lowest BCUT2D eigenvalue weighted by atomic mass is 10.1. The van der Waals surface area contributed by atoms with Crippen LogP contribution in [0.3, 0.4) is 0 Å². The average molecular weight is 436 g/mol. The van der Waals surface area contributed by atoms with Gasteiger partial charge in [0.05, 0.1) is 23.8 Å². The summed E-state index contributed by atoms with van der Waals surface area (Å²) in [5.74, 6) is 0.343. The fourth-order valence-corrected chi connectivity index (χ4v) is 3.23. The number of nitrogens with one attached hydrogen (secondary N) is 1. The Morgan fingerprint density at radius 1 is 0.964 bits per heavy atom. The summed E-state index contributed by atoms with van der Waals surface area (Å²) < 4.78 is 4.54. The van der Waals surface area contributed by atoms with Gasteiger partial charge >= 0.3 is 0 Å². The van der Waals surface area contributed by atoms with Crippen molar-refractivity contribution in [2.24, 2.45) is 0 Å². The monoisotopic (exact) mass is 435 g/mol. The Balaban J connectivity index is 1.42. The summed E-state index contributed by atoms with van der Waals surface area (Å²) in [6.07, 6.45) is 5.49. The SMILES string of the molecule is O=C(Nc1ccn(Cc2ccccc2)n1)c1cccc(Cn2cc(Br)cn2)c1. The summed E-state index contributed by atoms with van der Waals surface area (Å²) in [7, 11) is 0. The van der Waals surface area contributed by atoms with Crippen molar-refractivity contribution in [1.29, 1.82) is 0 Å². The Morgan fingerprint density at radius 3 is 2.54 bits per heavy atom. The summed E-state index contributed by atoms with van der Waals surface area (Å²) in [6.45, 7) is 1.25. The first-order valence-electron chi connectivity index (χ1n) is 8.81. The van der Waals surface area contributed by atoms with E-state index in [1.807, 2.05) is 65.6 Å². The Kier molecular flexibility index (Phi) is 5.34. The van der Waals surface area contributed by atoms with E-state index in [9.17, 15) is 4.79 Å². The Labute approximate surface area is 170 Å². The van der Waals surface area contributed by atoms with E-state index >= 15 is 0 Å². The van der Waals surface area contributed by atoms with Crippen molar-refractivity contribution in [2.75, 3.05) is 5.32 Å². The van der Waals surface area contributed by atoms with Gasteiger partial charge in [0, 0.05) is 24.0 Å². The third kappa shape index (κ3) is 4.55. The fourth-order valence-electron chi connectivity index (χ4n) is 2.90. The van der Waals surface area contributed by atoms with Gasteiger partial charge in [-0.3, -0.25) is 14.2 Å². The van der Waals surface area contributed by atoms with Gasteiger partial charge in [0.15, 0.2) is 5.82 Å². The second-order valence-electron chi connectivity index (χ2n) is 6.39. The van der Waals surface area contributed by atoms with E-state index in [4.69, 9.17) is 0 Å². The highest BCUT2D eigenvalue weighted by Crippen LogP contribution is 2.13. The molecule has 0 unspecified atom stereocenters. The van der Waals surface area contributed by atoms with Crippen molar-refractivity contribution in [2.45, 2.75) is 13.1 Å². The fraction of sp³-hybridized carbons (Fsp3) is 0.0952. The van der Waals surface area contributed by atoms with Crippen LogP contribution in [0, 0.1) is 0 Å². The third-order valence-corrected chi connectivity index (χ3v) is 4.61. The molecule has 0 aliphatic rings. The molecule has 0 radical (unpaired) electrons. The summed E-state index contributed by atoms with van der Waals surface area (Å²) in [5.41, 5.74) is 2.74. The maximum absolute atomic E-state index is 12.6. The minimum atomic E-state index is -0.187. The molecule has 0 aliphatic heterocycles. The molecule has 0 atom stereocenters. The number of hydrogen-bond donors (Lipinski definition) is 1.